The Labute approximate surface area is 112 Å². The molecule has 0 rings (SSSR count). The van der Waals surface area contributed by atoms with E-state index in [9.17, 15) is 5.11 Å². The van der Waals surface area contributed by atoms with Crippen LogP contribution in [0.1, 0.15) is 13.8 Å². The Hall–Kier alpha value is -0.200. The predicted octanol–water partition coefficient (Wildman–Crippen LogP) is 0.595. The van der Waals surface area contributed by atoms with E-state index in [0.717, 1.165) is 32.7 Å². The van der Waals surface area contributed by atoms with Crippen LogP contribution in [0.15, 0.2) is 0 Å². The summed E-state index contributed by atoms with van der Waals surface area (Å²) in [6.45, 7) is 10.2. The highest BCUT2D eigenvalue weighted by Gasteiger charge is 2.15. The van der Waals surface area contributed by atoms with Crippen molar-refractivity contribution in [1.29, 1.82) is 0 Å². The largest absolute Gasteiger partial charge is 0.383 e. The van der Waals surface area contributed by atoms with Crippen LogP contribution in [0.4, 0.5) is 0 Å². The van der Waals surface area contributed by atoms with Crippen molar-refractivity contribution in [2.24, 2.45) is 0 Å². The first-order valence-electron chi connectivity index (χ1n) is 6.81. The van der Waals surface area contributed by atoms with Crippen molar-refractivity contribution in [3.8, 4) is 0 Å². The molecule has 5 heteroatoms. The number of nitrogens with zero attached hydrogens (tertiary/aromatic N) is 3. The zero-order chi connectivity index (χ0) is 14.0. The van der Waals surface area contributed by atoms with Crippen molar-refractivity contribution >= 4 is 0 Å². The lowest BCUT2D eigenvalue weighted by Gasteiger charge is -2.28. The van der Waals surface area contributed by atoms with Gasteiger partial charge in [0, 0.05) is 33.3 Å². The first-order chi connectivity index (χ1) is 8.54. The van der Waals surface area contributed by atoms with Gasteiger partial charge in [0.2, 0.25) is 0 Å². The number of likely N-dealkylation sites (N-methyl/N-ethyl adjacent to an activating group) is 3. The monoisotopic (exact) mass is 260 g/mol. The lowest BCUT2D eigenvalue weighted by Crippen LogP contribution is -2.43. The molecule has 5 nitrogen and oxygen atoms in total. The summed E-state index contributed by atoms with van der Waals surface area (Å²) in [5.74, 6) is 0. The molecule has 0 amide bonds. The van der Waals surface area contributed by atoms with Gasteiger partial charge in [-0.1, -0.05) is 13.8 Å². The van der Waals surface area contributed by atoms with Gasteiger partial charge in [-0.05, 0) is 27.2 Å². The molecule has 0 aliphatic carbocycles. The first kappa shape index (κ1) is 17.8. The highest BCUT2D eigenvalue weighted by molar-refractivity contribution is 4.64. The van der Waals surface area contributed by atoms with Crippen LogP contribution >= 0.6 is 0 Å². The van der Waals surface area contributed by atoms with E-state index in [0.29, 0.717) is 13.2 Å². The average molecular weight is 260 g/mol. The van der Waals surface area contributed by atoms with Crippen LogP contribution < -0.4 is 0 Å². The second kappa shape index (κ2) is 10.7. The smallest absolute Gasteiger partial charge is 0.158 e. The molecule has 109 valence electrons. The van der Waals surface area contributed by atoms with E-state index in [-0.39, 0.29) is 0 Å². The van der Waals surface area contributed by atoms with Crippen LogP contribution in [0.3, 0.4) is 0 Å². The molecule has 0 aromatic carbocycles. The summed E-state index contributed by atoms with van der Waals surface area (Å²) in [6.07, 6.45) is -0.664. The molecule has 0 aromatic heterocycles. The van der Waals surface area contributed by atoms with Crippen LogP contribution in [0, 0.1) is 0 Å². The van der Waals surface area contributed by atoms with Crippen LogP contribution in [0.2, 0.25) is 0 Å². The third kappa shape index (κ3) is 8.00. The summed E-state index contributed by atoms with van der Waals surface area (Å²) >= 11 is 0. The van der Waals surface area contributed by atoms with Crippen molar-refractivity contribution < 1.29 is 9.84 Å². The van der Waals surface area contributed by atoms with Crippen molar-refractivity contribution in [1.82, 2.24) is 14.7 Å². The summed E-state index contributed by atoms with van der Waals surface area (Å²) in [5.41, 5.74) is 0. The Kier molecular flexibility index (Phi) is 10.6. The molecule has 0 aliphatic rings. The lowest BCUT2D eigenvalue weighted by atomic mass is 10.4. The SMILES string of the molecule is CCN(CC)CCN(C)C([O])CN(C)CCOC. The highest BCUT2D eigenvalue weighted by atomic mass is 16.5. The minimum Gasteiger partial charge on any atom is -0.383 e. The van der Waals surface area contributed by atoms with Crippen molar-refractivity contribution in [3.63, 3.8) is 0 Å². The summed E-state index contributed by atoms with van der Waals surface area (Å²) in [7, 11) is 5.55. The molecule has 0 spiro atoms. The van der Waals surface area contributed by atoms with E-state index < -0.39 is 6.23 Å². The van der Waals surface area contributed by atoms with Crippen molar-refractivity contribution in [3.05, 3.63) is 0 Å². The Morgan fingerprint density at radius 2 is 1.67 bits per heavy atom. The molecule has 1 unspecified atom stereocenters. The molecule has 1 atom stereocenters. The van der Waals surface area contributed by atoms with Gasteiger partial charge in [-0.3, -0.25) is 4.90 Å². The van der Waals surface area contributed by atoms with Gasteiger partial charge in [0.1, 0.15) is 0 Å². The van der Waals surface area contributed by atoms with E-state index in [4.69, 9.17) is 4.74 Å². The number of rotatable bonds is 11. The summed E-state index contributed by atoms with van der Waals surface area (Å²) in [4.78, 5) is 6.24. The van der Waals surface area contributed by atoms with Gasteiger partial charge in [-0.25, -0.2) is 5.11 Å². The molecule has 0 bridgehead atoms. The van der Waals surface area contributed by atoms with Gasteiger partial charge in [0.15, 0.2) is 6.23 Å². The second-order valence-electron chi connectivity index (χ2n) is 4.72. The predicted molar refractivity (Wildman–Crippen MR) is 74.3 cm³/mol. The zero-order valence-corrected chi connectivity index (χ0v) is 12.7. The standard InChI is InChI=1S/C13H30N3O2/c1-6-16(7-2)9-8-15(4)13(17)12-14(3)10-11-18-5/h13H,6-12H2,1-5H3. The van der Waals surface area contributed by atoms with E-state index in [1.54, 1.807) is 7.11 Å². The van der Waals surface area contributed by atoms with E-state index in [1.165, 1.54) is 0 Å². The minimum atomic E-state index is -0.664. The Morgan fingerprint density at radius 3 is 2.17 bits per heavy atom. The topological polar surface area (TPSA) is 38.8 Å². The Balaban J connectivity index is 3.83. The quantitative estimate of drug-likeness (QED) is 0.510. The Morgan fingerprint density at radius 1 is 1.06 bits per heavy atom. The third-order valence-corrected chi connectivity index (χ3v) is 3.30. The molecule has 1 radical (unpaired) electrons. The summed E-state index contributed by atoms with van der Waals surface area (Å²) < 4.78 is 5.00. The molecule has 0 saturated carbocycles. The molecule has 0 aliphatic heterocycles. The van der Waals surface area contributed by atoms with Gasteiger partial charge in [-0.15, -0.1) is 0 Å². The third-order valence-electron chi connectivity index (χ3n) is 3.30. The molecular formula is C13H30N3O2. The zero-order valence-electron chi connectivity index (χ0n) is 12.7. The van der Waals surface area contributed by atoms with E-state index >= 15 is 0 Å². The maximum absolute atomic E-state index is 12.0. The van der Waals surface area contributed by atoms with Crippen LogP contribution in [-0.4, -0.2) is 88.0 Å². The molecule has 18 heavy (non-hydrogen) atoms. The van der Waals surface area contributed by atoms with Crippen molar-refractivity contribution in [2.45, 2.75) is 20.1 Å². The molecule has 0 saturated heterocycles. The molecule has 0 N–H and O–H groups in total. The van der Waals surface area contributed by atoms with Gasteiger partial charge in [0.05, 0.1) is 6.61 Å². The second-order valence-corrected chi connectivity index (χ2v) is 4.72. The summed E-state index contributed by atoms with van der Waals surface area (Å²) in [5, 5.41) is 12.0. The van der Waals surface area contributed by atoms with Gasteiger partial charge >= 0.3 is 0 Å². The molecular weight excluding hydrogens is 230 g/mol. The Bertz CT molecular complexity index is 189. The number of methoxy groups -OCH3 is 1. The number of ether oxygens (including phenoxy) is 1. The lowest BCUT2D eigenvalue weighted by molar-refractivity contribution is -0.0553. The number of hydrogen-bond acceptors (Lipinski definition) is 4. The van der Waals surface area contributed by atoms with Crippen LogP contribution in [0.25, 0.3) is 0 Å². The van der Waals surface area contributed by atoms with Gasteiger partial charge in [0.25, 0.3) is 0 Å². The van der Waals surface area contributed by atoms with E-state index in [2.05, 4.69) is 18.7 Å². The van der Waals surface area contributed by atoms with Crippen LogP contribution in [0.5, 0.6) is 0 Å². The maximum Gasteiger partial charge on any atom is 0.158 e. The van der Waals surface area contributed by atoms with Crippen LogP contribution in [-0.2, 0) is 9.84 Å². The molecule has 0 heterocycles. The average Bonchev–Trinajstić information content (AvgIpc) is 2.37. The molecule has 0 aromatic rings. The minimum absolute atomic E-state index is 0.540. The maximum atomic E-state index is 12.0. The fraction of sp³-hybridized carbons (Fsp3) is 1.00. The fourth-order valence-corrected chi connectivity index (χ4v) is 1.73. The molecule has 0 fully saturated rings. The normalized spacial score (nSPS) is 13.8. The van der Waals surface area contributed by atoms with Gasteiger partial charge in [-0.2, -0.15) is 0 Å². The first-order valence-corrected chi connectivity index (χ1v) is 6.81. The van der Waals surface area contributed by atoms with E-state index in [1.807, 2.05) is 23.9 Å². The summed E-state index contributed by atoms with van der Waals surface area (Å²) in [6, 6.07) is 0. The van der Waals surface area contributed by atoms with Gasteiger partial charge < -0.3 is 14.5 Å². The van der Waals surface area contributed by atoms with Crippen molar-refractivity contribution in [2.75, 3.05) is 67.1 Å². The number of hydrogen-bond donors (Lipinski definition) is 0. The highest BCUT2D eigenvalue weighted by Crippen LogP contribution is 1.98. The fourth-order valence-electron chi connectivity index (χ4n) is 1.73.